The number of rotatable bonds is 6. The standard InChI is InChI=1S/C12H26N4O/c1-9(10(2)13)11(16-12(3,4)5)15-8-14-6-7-17/h9,14,17H,2,6-8,13H2,1,3-5H3,(H,15,16)/t9-/m1/s1. The normalized spacial score (nSPS) is 14.5. The molecule has 0 rings (SSSR count). The van der Waals surface area contributed by atoms with Crippen LogP contribution in [0.1, 0.15) is 27.7 Å². The van der Waals surface area contributed by atoms with Crippen molar-refractivity contribution in [2.75, 3.05) is 19.8 Å². The van der Waals surface area contributed by atoms with E-state index >= 15 is 0 Å². The lowest BCUT2D eigenvalue weighted by molar-refractivity contribution is 0.293. The minimum Gasteiger partial charge on any atom is -0.402 e. The predicted octanol–water partition coefficient (Wildman–Crippen LogP) is 0.421. The number of aliphatic hydroxyl groups excluding tert-OH is 1. The maximum atomic E-state index is 8.65. The highest BCUT2D eigenvalue weighted by atomic mass is 16.3. The van der Waals surface area contributed by atoms with Crippen LogP contribution in [0.5, 0.6) is 0 Å². The molecule has 0 aromatic rings. The van der Waals surface area contributed by atoms with E-state index in [0.717, 1.165) is 5.84 Å². The van der Waals surface area contributed by atoms with E-state index in [1.54, 1.807) is 0 Å². The largest absolute Gasteiger partial charge is 0.402 e. The van der Waals surface area contributed by atoms with Gasteiger partial charge in [-0.2, -0.15) is 0 Å². The fourth-order valence-electron chi connectivity index (χ4n) is 1.14. The summed E-state index contributed by atoms with van der Waals surface area (Å²) in [5, 5.41) is 15.0. The zero-order valence-corrected chi connectivity index (χ0v) is 11.4. The van der Waals surface area contributed by atoms with Crippen molar-refractivity contribution in [2.24, 2.45) is 16.6 Å². The van der Waals surface area contributed by atoms with Gasteiger partial charge in [0.15, 0.2) is 0 Å². The summed E-state index contributed by atoms with van der Waals surface area (Å²) in [4.78, 5) is 4.41. The molecular formula is C12H26N4O. The highest BCUT2D eigenvalue weighted by molar-refractivity contribution is 5.87. The number of nitrogens with two attached hydrogens (primary N) is 1. The van der Waals surface area contributed by atoms with E-state index in [4.69, 9.17) is 10.8 Å². The molecular weight excluding hydrogens is 216 g/mol. The van der Waals surface area contributed by atoms with Crippen LogP contribution in [0.2, 0.25) is 0 Å². The van der Waals surface area contributed by atoms with Crippen LogP contribution in [-0.4, -0.2) is 36.3 Å². The predicted molar refractivity (Wildman–Crippen MR) is 72.8 cm³/mol. The number of aliphatic imine (C=N–C) groups is 1. The van der Waals surface area contributed by atoms with Crippen LogP contribution < -0.4 is 16.4 Å². The van der Waals surface area contributed by atoms with Gasteiger partial charge in [-0.15, -0.1) is 0 Å². The van der Waals surface area contributed by atoms with Crippen molar-refractivity contribution < 1.29 is 5.11 Å². The summed E-state index contributed by atoms with van der Waals surface area (Å²) in [6, 6.07) is 0. The van der Waals surface area contributed by atoms with Crippen molar-refractivity contribution in [1.82, 2.24) is 10.6 Å². The van der Waals surface area contributed by atoms with Gasteiger partial charge in [-0.3, -0.25) is 10.3 Å². The van der Waals surface area contributed by atoms with Crippen molar-refractivity contribution in [2.45, 2.75) is 33.2 Å². The van der Waals surface area contributed by atoms with Crippen molar-refractivity contribution >= 4 is 5.84 Å². The van der Waals surface area contributed by atoms with Crippen LogP contribution in [0, 0.1) is 5.92 Å². The summed E-state index contributed by atoms with van der Waals surface area (Å²) < 4.78 is 0. The van der Waals surface area contributed by atoms with Crippen molar-refractivity contribution in [1.29, 1.82) is 0 Å². The summed E-state index contributed by atoms with van der Waals surface area (Å²) in [7, 11) is 0. The Balaban J connectivity index is 4.55. The third kappa shape index (κ3) is 7.76. The number of amidine groups is 1. The summed E-state index contributed by atoms with van der Waals surface area (Å²) in [6.07, 6.45) is 0. The third-order valence-corrected chi connectivity index (χ3v) is 2.12. The molecule has 0 unspecified atom stereocenters. The smallest absolute Gasteiger partial charge is 0.107 e. The molecule has 0 bridgehead atoms. The van der Waals surface area contributed by atoms with Gasteiger partial charge in [0.1, 0.15) is 5.84 Å². The van der Waals surface area contributed by atoms with Crippen LogP contribution in [-0.2, 0) is 0 Å². The van der Waals surface area contributed by atoms with Crippen LogP contribution in [0.3, 0.4) is 0 Å². The summed E-state index contributed by atoms with van der Waals surface area (Å²) >= 11 is 0. The van der Waals surface area contributed by atoms with Gasteiger partial charge in [0, 0.05) is 17.8 Å². The first-order chi connectivity index (χ1) is 7.78. The molecule has 100 valence electrons. The molecule has 0 aromatic carbocycles. The maximum Gasteiger partial charge on any atom is 0.107 e. The lowest BCUT2D eigenvalue weighted by atomic mass is 10.0. The Morgan fingerprint density at radius 2 is 2.06 bits per heavy atom. The molecule has 0 spiro atoms. The van der Waals surface area contributed by atoms with E-state index < -0.39 is 0 Å². The lowest BCUT2D eigenvalue weighted by Gasteiger charge is -2.26. The molecule has 1 atom stereocenters. The van der Waals surface area contributed by atoms with Gasteiger partial charge in [-0.1, -0.05) is 6.58 Å². The highest BCUT2D eigenvalue weighted by Gasteiger charge is 2.18. The molecule has 0 fully saturated rings. The summed E-state index contributed by atoms with van der Waals surface area (Å²) in [5.74, 6) is 0.806. The second-order valence-electron chi connectivity index (χ2n) is 5.10. The minimum atomic E-state index is -0.0699. The molecule has 17 heavy (non-hydrogen) atoms. The Bertz CT molecular complexity index is 268. The molecule has 0 aromatic heterocycles. The molecule has 0 amide bonds. The fraction of sp³-hybridized carbons (Fsp3) is 0.750. The van der Waals surface area contributed by atoms with Gasteiger partial charge >= 0.3 is 0 Å². The monoisotopic (exact) mass is 242 g/mol. The van der Waals surface area contributed by atoms with Gasteiger partial charge in [0.2, 0.25) is 0 Å². The number of hydrogen-bond acceptors (Lipinski definition) is 4. The van der Waals surface area contributed by atoms with E-state index in [2.05, 4.69) is 43.0 Å². The van der Waals surface area contributed by atoms with Crippen LogP contribution in [0.15, 0.2) is 17.3 Å². The van der Waals surface area contributed by atoms with E-state index in [-0.39, 0.29) is 18.1 Å². The molecule has 0 saturated heterocycles. The second-order valence-corrected chi connectivity index (χ2v) is 5.10. The van der Waals surface area contributed by atoms with Crippen molar-refractivity contribution in [3.05, 3.63) is 12.3 Å². The SMILES string of the molecule is C=C(N)[C@@H](C)C(=NCNCCO)NC(C)(C)C. The molecule has 0 heterocycles. The Labute approximate surface area is 104 Å². The van der Waals surface area contributed by atoms with E-state index in [1.165, 1.54) is 0 Å². The molecule has 5 heteroatoms. The van der Waals surface area contributed by atoms with E-state index in [9.17, 15) is 0 Å². The summed E-state index contributed by atoms with van der Waals surface area (Å²) in [6.45, 7) is 13.0. The Kier molecular flexibility index (Phi) is 6.83. The zero-order valence-electron chi connectivity index (χ0n) is 11.4. The molecule has 0 aliphatic heterocycles. The Morgan fingerprint density at radius 1 is 1.47 bits per heavy atom. The second kappa shape index (κ2) is 7.29. The first kappa shape index (κ1) is 15.9. The zero-order chi connectivity index (χ0) is 13.5. The number of aliphatic hydroxyl groups is 1. The summed E-state index contributed by atoms with van der Waals surface area (Å²) in [5.41, 5.74) is 6.23. The van der Waals surface area contributed by atoms with Crippen molar-refractivity contribution in [3.63, 3.8) is 0 Å². The number of nitrogens with one attached hydrogen (secondary N) is 2. The van der Waals surface area contributed by atoms with E-state index in [1.807, 2.05) is 6.92 Å². The number of hydrogen-bond donors (Lipinski definition) is 4. The lowest BCUT2D eigenvalue weighted by Crippen LogP contribution is -2.45. The van der Waals surface area contributed by atoms with Gasteiger partial charge < -0.3 is 16.2 Å². The average molecular weight is 242 g/mol. The molecule has 0 radical (unpaired) electrons. The molecule has 0 saturated carbocycles. The topological polar surface area (TPSA) is 82.7 Å². The quantitative estimate of drug-likeness (QED) is 0.309. The van der Waals surface area contributed by atoms with Gasteiger partial charge in [-0.05, 0) is 27.7 Å². The van der Waals surface area contributed by atoms with Gasteiger partial charge in [0.05, 0.1) is 19.2 Å². The first-order valence-corrected chi connectivity index (χ1v) is 5.86. The molecule has 5 N–H and O–H groups in total. The van der Waals surface area contributed by atoms with Crippen LogP contribution in [0.25, 0.3) is 0 Å². The first-order valence-electron chi connectivity index (χ1n) is 5.86. The molecule has 5 nitrogen and oxygen atoms in total. The van der Waals surface area contributed by atoms with Gasteiger partial charge in [-0.25, -0.2) is 0 Å². The highest BCUT2D eigenvalue weighted by Crippen LogP contribution is 2.08. The Hall–Kier alpha value is -1.07. The average Bonchev–Trinajstić information content (AvgIpc) is 2.19. The van der Waals surface area contributed by atoms with E-state index in [0.29, 0.717) is 18.9 Å². The third-order valence-electron chi connectivity index (χ3n) is 2.12. The fourth-order valence-corrected chi connectivity index (χ4v) is 1.14. The molecule has 0 aliphatic rings. The van der Waals surface area contributed by atoms with Crippen LogP contribution >= 0.6 is 0 Å². The van der Waals surface area contributed by atoms with Crippen LogP contribution in [0.4, 0.5) is 0 Å². The molecule has 0 aliphatic carbocycles. The number of nitrogens with zero attached hydrogens (tertiary/aromatic N) is 1. The Morgan fingerprint density at radius 3 is 2.47 bits per heavy atom. The minimum absolute atomic E-state index is 0.00912. The maximum absolute atomic E-state index is 8.65. The van der Waals surface area contributed by atoms with Crippen molar-refractivity contribution in [3.8, 4) is 0 Å². The van der Waals surface area contributed by atoms with Gasteiger partial charge in [0.25, 0.3) is 0 Å².